The standard InChI is InChI=1S/C18H15ClFN3O/c19-13-6-2-7-14-16(13)18(24)23(12-5-1-4-11(20)10-12)17(22-14)15-8-3-9-21-15/h1-2,4-7,10,15,21H,3,8-9H2. The predicted molar refractivity (Wildman–Crippen MR) is 92.3 cm³/mol. The van der Waals surface area contributed by atoms with Gasteiger partial charge in [-0.05, 0) is 49.7 Å². The van der Waals surface area contributed by atoms with Gasteiger partial charge in [0.1, 0.15) is 11.6 Å². The molecule has 1 N–H and O–H groups in total. The Labute approximate surface area is 142 Å². The van der Waals surface area contributed by atoms with Gasteiger partial charge in [-0.2, -0.15) is 0 Å². The van der Waals surface area contributed by atoms with Crippen molar-refractivity contribution < 1.29 is 4.39 Å². The number of aromatic nitrogens is 2. The van der Waals surface area contributed by atoms with E-state index in [9.17, 15) is 9.18 Å². The van der Waals surface area contributed by atoms with E-state index in [1.165, 1.54) is 16.7 Å². The molecule has 4 nitrogen and oxygen atoms in total. The molecule has 4 rings (SSSR count). The van der Waals surface area contributed by atoms with Gasteiger partial charge in [0.25, 0.3) is 5.56 Å². The number of fused-ring (bicyclic) bond motifs is 1. The fourth-order valence-corrected chi connectivity index (χ4v) is 3.46. The summed E-state index contributed by atoms with van der Waals surface area (Å²) in [5, 5.41) is 4.06. The van der Waals surface area contributed by atoms with Gasteiger partial charge in [-0.25, -0.2) is 9.37 Å². The maximum Gasteiger partial charge on any atom is 0.267 e. The van der Waals surface area contributed by atoms with Crippen molar-refractivity contribution in [2.45, 2.75) is 18.9 Å². The molecule has 122 valence electrons. The van der Waals surface area contributed by atoms with Crippen LogP contribution in [0.25, 0.3) is 16.6 Å². The molecular weight excluding hydrogens is 329 g/mol. The highest BCUT2D eigenvalue weighted by atomic mass is 35.5. The lowest BCUT2D eigenvalue weighted by Crippen LogP contribution is -2.29. The lowest BCUT2D eigenvalue weighted by Gasteiger charge is -2.18. The molecule has 0 amide bonds. The fourth-order valence-electron chi connectivity index (χ4n) is 3.21. The first-order chi connectivity index (χ1) is 11.6. The van der Waals surface area contributed by atoms with Gasteiger partial charge in [0, 0.05) is 0 Å². The molecule has 0 aliphatic carbocycles. The van der Waals surface area contributed by atoms with E-state index in [0.717, 1.165) is 19.4 Å². The number of hydrogen-bond donors (Lipinski definition) is 1. The number of benzene rings is 2. The van der Waals surface area contributed by atoms with Crippen LogP contribution in [0.4, 0.5) is 4.39 Å². The van der Waals surface area contributed by atoms with E-state index < -0.39 is 5.82 Å². The van der Waals surface area contributed by atoms with Gasteiger partial charge in [-0.1, -0.05) is 23.7 Å². The van der Waals surface area contributed by atoms with E-state index in [1.807, 2.05) is 0 Å². The summed E-state index contributed by atoms with van der Waals surface area (Å²) in [7, 11) is 0. The molecule has 2 heterocycles. The third-order valence-electron chi connectivity index (χ3n) is 4.31. The van der Waals surface area contributed by atoms with Gasteiger partial charge in [-0.3, -0.25) is 9.36 Å². The van der Waals surface area contributed by atoms with E-state index in [0.29, 0.717) is 27.4 Å². The largest absolute Gasteiger partial charge is 0.307 e. The van der Waals surface area contributed by atoms with E-state index >= 15 is 0 Å². The lowest BCUT2D eigenvalue weighted by molar-refractivity contribution is 0.581. The van der Waals surface area contributed by atoms with Crippen molar-refractivity contribution in [3.63, 3.8) is 0 Å². The highest BCUT2D eigenvalue weighted by Gasteiger charge is 2.24. The summed E-state index contributed by atoms with van der Waals surface area (Å²) in [4.78, 5) is 17.8. The molecule has 1 saturated heterocycles. The van der Waals surface area contributed by atoms with Crippen molar-refractivity contribution in [1.82, 2.24) is 14.9 Å². The highest BCUT2D eigenvalue weighted by molar-refractivity contribution is 6.35. The Morgan fingerprint density at radius 2 is 2.08 bits per heavy atom. The molecule has 1 aliphatic rings. The molecule has 0 saturated carbocycles. The van der Waals surface area contributed by atoms with Crippen LogP contribution in [0.5, 0.6) is 0 Å². The molecule has 1 unspecified atom stereocenters. The van der Waals surface area contributed by atoms with Gasteiger partial charge in [-0.15, -0.1) is 0 Å². The Bertz CT molecular complexity index is 980. The molecule has 0 spiro atoms. The molecule has 0 radical (unpaired) electrons. The molecule has 24 heavy (non-hydrogen) atoms. The normalized spacial score (nSPS) is 17.5. The molecule has 3 aromatic rings. The average Bonchev–Trinajstić information content (AvgIpc) is 3.09. The Morgan fingerprint density at radius 1 is 1.25 bits per heavy atom. The van der Waals surface area contributed by atoms with Gasteiger partial charge in [0.05, 0.1) is 27.7 Å². The van der Waals surface area contributed by atoms with Gasteiger partial charge in [0.15, 0.2) is 0 Å². The van der Waals surface area contributed by atoms with E-state index in [2.05, 4.69) is 10.3 Å². The first kappa shape index (κ1) is 15.3. The molecule has 1 aromatic heterocycles. The summed E-state index contributed by atoms with van der Waals surface area (Å²) < 4.78 is 15.2. The van der Waals surface area contributed by atoms with Gasteiger partial charge >= 0.3 is 0 Å². The van der Waals surface area contributed by atoms with Crippen LogP contribution in [0.3, 0.4) is 0 Å². The quantitative estimate of drug-likeness (QED) is 0.773. The third kappa shape index (κ3) is 2.50. The summed E-state index contributed by atoms with van der Waals surface area (Å²) in [6.45, 7) is 0.872. The van der Waals surface area contributed by atoms with Crippen molar-refractivity contribution in [3.8, 4) is 5.69 Å². The maximum atomic E-state index is 13.7. The minimum absolute atomic E-state index is 0.0376. The minimum atomic E-state index is -0.399. The molecule has 0 bridgehead atoms. The van der Waals surface area contributed by atoms with E-state index in [4.69, 9.17) is 11.6 Å². The monoisotopic (exact) mass is 343 g/mol. The van der Waals surface area contributed by atoms with Crippen molar-refractivity contribution in [2.75, 3.05) is 6.54 Å². The molecule has 1 aliphatic heterocycles. The van der Waals surface area contributed by atoms with E-state index in [1.54, 1.807) is 30.3 Å². The Kier molecular flexibility index (Phi) is 3.82. The Hall–Kier alpha value is -2.24. The number of hydrogen-bond acceptors (Lipinski definition) is 3. The first-order valence-electron chi connectivity index (χ1n) is 7.85. The number of nitrogens with one attached hydrogen (secondary N) is 1. The zero-order valence-corrected chi connectivity index (χ0v) is 13.6. The molecule has 1 atom stereocenters. The maximum absolute atomic E-state index is 13.7. The predicted octanol–water partition coefficient (Wildman–Crippen LogP) is 3.60. The fraction of sp³-hybridized carbons (Fsp3) is 0.222. The second kappa shape index (κ2) is 6.00. The summed E-state index contributed by atoms with van der Waals surface area (Å²) in [5.41, 5.74) is 0.738. The van der Waals surface area contributed by atoms with Gasteiger partial charge in [0.2, 0.25) is 0 Å². The number of nitrogens with zero attached hydrogens (tertiary/aromatic N) is 2. The Balaban J connectivity index is 2.08. The summed E-state index contributed by atoms with van der Waals surface area (Å²) >= 11 is 6.22. The number of rotatable bonds is 2. The molecule has 2 aromatic carbocycles. The minimum Gasteiger partial charge on any atom is -0.307 e. The smallest absolute Gasteiger partial charge is 0.267 e. The van der Waals surface area contributed by atoms with Crippen molar-refractivity contribution >= 4 is 22.5 Å². The van der Waals surface area contributed by atoms with E-state index in [-0.39, 0.29) is 11.6 Å². The SMILES string of the molecule is O=c1c2c(Cl)cccc2nc(C2CCCN2)n1-c1cccc(F)c1. The van der Waals surface area contributed by atoms with Crippen molar-refractivity contribution in [3.05, 3.63) is 69.5 Å². The zero-order valence-electron chi connectivity index (χ0n) is 12.8. The second-order valence-electron chi connectivity index (χ2n) is 5.87. The van der Waals surface area contributed by atoms with Crippen LogP contribution in [-0.2, 0) is 0 Å². The average molecular weight is 344 g/mol. The number of halogens is 2. The third-order valence-corrected chi connectivity index (χ3v) is 4.63. The molecular formula is C18H15ClFN3O. The highest BCUT2D eigenvalue weighted by Crippen LogP contribution is 2.26. The zero-order chi connectivity index (χ0) is 16.7. The van der Waals surface area contributed by atoms with Crippen molar-refractivity contribution in [2.24, 2.45) is 0 Å². The van der Waals surface area contributed by atoms with Crippen LogP contribution in [0, 0.1) is 5.82 Å². The van der Waals surface area contributed by atoms with Gasteiger partial charge < -0.3 is 5.32 Å². The van der Waals surface area contributed by atoms with Crippen LogP contribution in [0.15, 0.2) is 47.3 Å². The lowest BCUT2D eigenvalue weighted by atomic mass is 10.1. The van der Waals surface area contributed by atoms with Crippen LogP contribution in [0.2, 0.25) is 5.02 Å². The second-order valence-corrected chi connectivity index (χ2v) is 6.28. The summed E-state index contributed by atoms with van der Waals surface area (Å²) in [6.07, 6.45) is 1.89. The topological polar surface area (TPSA) is 46.9 Å². The van der Waals surface area contributed by atoms with Crippen LogP contribution < -0.4 is 10.9 Å². The van der Waals surface area contributed by atoms with Crippen molar-refractivity contribution in [1.29, 1.82) is 0 Å². The molecule has 1 fully saturated rings. The summed E-state index contributed by atoms with van der Waals surface area (Å²) in [6, 6.07) is 11.1. The molecule has 6 heteroatoms. The van der Waals surface area contributed by atoms with Crippen LogP contribution >= 0.6 is 11.6 Å². The van der Waals surface area contributed by atoms with Crippen LogP contribution in [0.1, 0.15) is 24.7 Å². The van der Waals surface area contributed by atoms with Crippen LogP contribution in [-0.4, -0.2) is 16.1 Å². The Morgan fingerprint density at radius 3 is 2.83 bits per heavy atom. The first-order valence-corrected chi connectivity index (χ1v) is 8.23. The summed E-state index contributed by atoms with van der Waals surface area (Å²) in [5.74, 6) is 0.196.